The number of amidine groups is 1. The Morgan fingerprint density at radius 2 is 2.17 bits per heavy atom. The van der Waals surface area contributed by atoms with Gasteiger partial charge in [-0.15, -0.1) is 17.0 Å². The molecule has 4 nitrogen and oxygen atoms in total. The van der Waals surface area contributed by atoms with Crippen LogP contribution in [-0.2, 0) is 5.75 Å². The molecule has 1 aromatic rings. The maximum atomic E-state index is 8.70. The molecule has 0 spiro atoms. The van der Waals surface area contributed by atoms with Gasteiger partial charge >= 0.3 is 0 Å². The van der Waals surface area contributed by atoms with Gasteiger partial charge in [-0.05, 0) is 24.7 Å². The van der Waals surface area contributed by atoms with Crippen LogP contribution in [0.2, 0.25) is 0 Å². The monoisotopic (exact) mass is 326 g/mol. The quantitative estimate of drug-likeness (QED) is 0.905. The van der Waals surface area contributed by atoms with Crippen LogP contribution in [0.4, 0.5) is 0 Å². The highest BCUT2D eigenvalue weighted by Crippen LogP contribution is 2.14. The molecule has 18 heavy (non-hydrogen) atoms. The molecular weight excluding hydrogens is 312 g/mol. The van der Waals surface area contributed by atoms with E-state index in [4.69, 9.17) is 5.26 Å². The summed E-state index contributed by atoms with van der Waals surface area (Å²) in [5.74, 6) is 0.876. The molecule has 6 heteroatoms. The minimum atomic E-state index is 0. The Labute approximate surface area is 122 Å². The lowest BCUT2D eigenvalue weighted by atomic mass is 10.2. The van der Waals surface area contributed by atoms with Crippen LogP contribution < -0.4 is 5.32 Å². The van der Waals surface area contributed by atoms with Gasteiger partial charge in [-0.3, -0.25) is 4.90 Å². The normalized spacial score (nSPS) is 15.0. The molecule has 0 fully saturated rings. The fourth-order valence-corrected chi connectivity index (χ4v) is 2.23. The summed E-state index contributed by atoms with van der Waals surface area (Å²) in [6, 6.07) is 9.78. The molecule has 0 atom stereocenters. The van der Waals surface area contributed by atoms with Crippen LogP contribution in [0, 0.1) is 11.3 Å². The molecule has 0 aromatic heterocycles. The zero-order valence-electron chi connectivity index (χ0n) is 10.1. The first kappa shape index (κ1) is 15.0. The molecular formula is C12H15BrN4S. The molecule has 0 aliphatic carbocycles. The fraction of sp³-hybridized carbons (Fsp3) is 0.333. The van der Waals surface area contributed by atoms with Gasteiger partial charge in [0.1, 0.15) is 0 Å². The summed E-state index contributed by atoms with van der Waals surface area (Å²) in [4.78, 5) is 6.50. The predicted octanol–water partition coefficient (Wildman–Crippen LogP) is 2.18. The number of nitrogens with one attached hydrogen (secondary N) is 1. The summed E-state index contributed by atoms with van der Waals surface area (Å²) in [7, 11) is 2.03. The van der Waals surface area contributed by atoms with Crippen molar-refractivity contribution in [1.82, 2.24) is 10.2 Å². The van der Waals surface area contributed by atoms with Crippen molar-refractivity contribution in [1.29, 1.82) is 5.26 Å². The number of hydrogen-bond donors (Lipinski definition) is 1. The van der Waals surface area contributed by atoms with E-state index in [0.717, 1.165) is 24.3 Å². The number of nitrogens with zero attached hydrogens (tertiary/aromatic N) is 3. The number of benzene rings is 1. The molecule has 1 heterocycles. The van der Waals surface area contributed by atoms with Crippen molar-refractivity contribution in [3.63, 3.8) is 0 Å². The van der Waals surface area contributed by atoms with Gasteiger partial charge in [0.25, 0.3) is 0 Å². The summed E-state index contributed by atoms with van der Waals surface area (Å²) in [6.45, 7) is 1.60. The van der Waals surface area contributed by atoms with Crippen molar-refractivity contribution in [3.8, 4) is 6.07 Å². The Balaban J connectivity index is 0.00000162. The van der Waals surface area contributed by atoms with Gasteiger partial charge in [-0.25, -0.2) is 4.99 Å². The predicted molar refractivity (Wildman–Crippen MR) is 80.8 cm³/mol. The maximum absolute atomic E-state index is 8.70. The molecule has 96 valence electrons. The smallest absolute Gasteiger partial charge is 0.159 e. The van der Waals surface area contributed by atoms with Gasteiger partial charge in [0.05, 0.1) is 25.0 Å². The van der Waals surface area contributed by atoms with E-state index in [1.807, 2.05) is 31.3 Å². The number of halogens is 1. The first-order chi connectivity index (χ1) is 8.28. The summed E-state index contributed by atoms with van der Waals surface area (Å²) < 4.78 is 0. The first-order valence-electron chi connectivity index (χ1n) is 5.36. The molecule has 0 bridgehead atoms. The van der Waals surface area contributed by atoms with Crippen LogP contribution in [0.1, 0.15) is 11.1 Å². The summed E-state index contributed by atoms with van der Waals surface area (Å²) in [6.07, 6.45) is 0. The van der Waals surface area contributed by atoms with Gasteiger partial charge in [0, 0.05) is 5.75 Å². The lowest BCUT2D eigenvalue weighted by molar-refractivity contribution is 0.326. The third-order valence-corrected chi connectivity index (χ3v) is 3.44. The lowest BCUT2D eigenvalue weighted by Gasteiger charge is -2.22. The third-order valence-electron chi connectivity index (χ3n) is 2.41. The van der Waals surface area contributed by atoms with E-state index in [2.05, 4.69) is 21.3 Å². The molecule has 0 amide bonds. The van der Waals surface area contributed by atoms with E-state index in [1.54, 1.807) is 11.8 Å². The zero-order chi connectivity index (χ0) is 12.1. The topological polar surface area (TPSA) is 51.4 Å². The SMILES string of the molecule is Br.CN1CN=C(SCc2ccc(C#N)cc2)NC1. The van der Waals surface area contributed by atoms with Crippen molar-refractivity contribution >= 4 is 33.9 Å². The number of nitriles is 1. The van der Waals surface area contributed by atoms with Crippen LogP contribution in [-0.4, -0.2) is 30.5 Å². The Morgan fingerprint density at radius 1 is 1.44 bits per heavy atom. The van der Waals surface area contributed by atoms with E-state index >= 15 is 0 Å². The van der Waals surface area contributed by atoms with Gasteiger partial charge in [0.15, 0.2) is 5.17 Å². The van der Waals surface area contributed by atoms with Crippen molar-refractivity contribution in [2.45, 2.75) is 5.75 Å². The summed E-state index contributed by atoms with van der Waals surface area (Å²) in [5.41, 5.74) is 1.91. The van der Waals surface area contributed by atoms with Crippen molar-refractivity contribution in [2.75, 3.05) is 20.4 Å². The Hall–Kier alpha value is -1.03. The van der Waals surface area contributed by atoms with E-state index in [9.17, 15) is 0 Å². The van der Waals surface area contributed by atoms with Gasteiger partial charge in [-0.1, -0.05) is 23.9 Å². The first-order valence-corrected chi connectivity index (χ1v) is 6.35. The molecule has 0 saturated carbocycles. The Kier molecular flexibility index (Phi) is 6.19. The lowest BCUT2D eigenvalue weighted by Crippen LogP contribution is -2.39. The third kappa shape index (κ3) is 4.33. The zero-order valence-corrected chi connectivity index (χ0v) is 12.6. The average Bonchev–Trinajstić information content (AvgIpc) is 2.39. The highest BCUT2D eigenvalue weighted by atomic mass is 79.9. The van der Waals surface area contributed by atoms with Crippen LogP contribution in [0.15, 0.2) is 29.3 Å². The van der Waals surface area contributed by atoms with E-state index in [-0.39, 0.29) is 17.0 Å². The van der Waals surface area contributed by atoms with Crippen LogP contribution in [0.25, 0.3) is 0 Å². The van der Waals surface area contributed by atoms with E-state index in [0.29, 0.717) is 5.56 Å². The molecule has 0 saturated heterocycles. The second-order valence-electron chi connectivity index (χ2n) is 3.89. The van der Waals surface area contributed by atoms with E-state index in [1.165, 1.54) is 5.56 Å². The largest absolute Gasteiger partial charge is 0.352 e. The van der Waals surface area contributed by atoms with Gasteiger partial charge in [0.2, 0.25) is 0 Å². The Bertz CT molecular complexity index is 452. The molecule has 1 aromatic carbocycles. The standard InChI is InChI=1S/C12H14N4S.BrH/c1-16-8-14-12(15-9-16)17-7-11-4-2-10(6-13)3-5-11;/h2-5H,7-9H2,1H3,(H,14,15);1H. The van der Waals surface area contributed by atoms with Gasteiger partial charge in [-0.2, -0.15) is 5.26 Å². The number of thioether (sulfide) groups is 1. The second-order valence-corrected chi connectivity index (χ2v) is 4.86. The van der Waals surface area contributed by atoms with Crippen LogP contribution in [0.5, 0.6) is 0 Å². The molecule has 1 aliphatic heterocycles. The second kappa shape index (κ2) is 7.41. The van der Waals surface area contributed by atoms with Crippen molar-refractivity contribution in [2.24, 2.45) is 4.99 Å². The minimum absolute atomic E-state index is 0. The van der Waals surface area contributed by atoms with Gasteiger partial charge < -0.3 is 5.32 Å². The summed E-state index contributed by atoms with van der Waals surface area (Å²) >= 11 is 1.70. The van der Waals surface area contributed by atoms with Crippen molar-refractivity contribution in [3.05, 3.63) is 35.4 Å². The Morgan fingerprint density at radius 3 is 2.72 bits per heavy atom. The minimum Gasteiger partial charge on any atom is -0.352 e. The number of hydrogen-bond acceptors (Lipinski definition) is 5. The fourth-order valence-electron chi connectivity index (χ4n) is 1.42. The molecule has 0 radical (unpaired) electrons. The molecule has 2 rings (SSSR count). The van der Waals surface area contributed by atoms with Crippen molar-refractivity contribution < 1.29 is 0 Å². The van der Waals surface area contributed by atoms with E-state index < -0.39 is 0 Å². The highest BCUT2D eigenvalue weighted by Gasteiger charge is 2.08. The molecule has 0 unspecified atom stereocenters. The average molecular weight is 327 g/mol. The highest BCUT2D eigenvalue weighted by molar-refractivity contribution is 8.93. The number of aliphatic imine (C=N–C) groups is 1. The van der Waals surface area contributed by atoms with Crippen LogP contribution in [0.3, 0.4) is 0 Å². The number of rotatable bonds is 2. The molecule has 1 aliphatic rings. The van der Waals surface area contributed by atoms with Crippen LogP contribution >= 0.6 is 28.7 Å². The molecule has 1 N–H and O–H groups in total. The maximum Gasteiger partial charge on any atom is 0.159 e. The summed E-state index contributed by atoms with van der Waals surface area (Å²) in [5, 5.41) is 12.9.